The Kier molecular flexibility index (Phi) is 4.58. The lowest BCUT2D eigenvalue weighted by atomic mass is 9.79. The van der Waals surface area contributed by atoms with Crippen molar-refractivity contribution in [2.75, 3.05) is 11.5 Å². The number of nitrogen functional groups attached to an aromatic ring is 1. The van der Waals surface area contributed by atoms with Crippen LogP contribution >= 0.6 is 23.1 Å². The number of thioether (sulfide) groups is 1. The molecule has 1 aromatic heterocycles. The number of carbonyl (C=O) groups excluding carboxylic acids is 1. The lowest BCUT2D eigenvalue weighted by Gasteiger charge is -2.46. The molecule has 3 heterocycles. The smallest absolute Gasteiger partial charge is 0.353 e. The van der Waals surface area contributed by atoms with Gasteiger partial charge in [-0.1, -0.05) is 6.92 Å². The second kappa shape index (κ2) is 6.38. The molecule has 2 aliphatic heterocycles. The molecule has 2 aliphatic rings. The molecule has 0 radical (unpaired) electrons. The van der Waals surface area contributed by atoms with Gasteiger partial charge < -0.3 is 20.8 Å². The van der Waals surface area contributed by atoms with Gasteiger partial charge in [-0.2, -0.15) is 0 Å². The number of β-lactam (4-membered cyclic amide) rings is 1. The highest BCUT2D eigenvalue weighted by Gasteiger charge is 2.59. The van der Waals surface area contributed by atoms with Gasteiger partial charge in [0.05, 0.1) is 23.8 Å². The Labute approximate surface area is 147 Å². The summed E-state index contributed by atoms with van der Waals surface area (Å²) >= 11 is 2.82. The van der Waals surface area contributed by atoms with Gasteiger partial charge in [-0.25, -0.2) is 9.78 Å². The number of fused-ring (bicyclic) bond motifs is 1. The predicted octanol–water partition coefficient (Wildman–Crippen LogP) is 1.15. The highest BCUT2D eigenvalue weighted by atomic mass is 32.2. The highest BCUT2D eigenvalue weighted by molar-refractivity contribution is 8.03. The van der Waals surface area contributed by atoms with Crippen LogP contribution in [-0.2, 0) is 16.0 Å². The van der Waals surface area contributed by atoms with Crippen LogP contribution in [0.5, 0.6) is 0 Å². The first-order valence-corrected chi connectivity index (χ1v) is 9.50. The van der Waals surface area contributed by atoms with E-state index in [0.717, 1.165) is 5.69 Å². The Morgan fingerprint density at radius 1 is 1.58 bits per heavy atom. The number of carbonyl (C=O) groups is 2. The number of aromatic nitrogens is 1. The number of hydrogen-bond acceptors (Lipinski definition) is 7. The number of nitrogens with two attached hydrogens (primary N) is 1. The van der Waals surface area contributed by atoms with Gasteiger partial charge in [0.15, 0.2) is 5.13 Å². The van der Waals surface area contributed by atoms with Crippen LogP contribution < -0.4 is 5.73 Å². The first kappa shape index (κ1) is 17.2. The van der Waals surface area contributed by atoms with Crippen LogP contribution in [0.2, 0.25) is 0 Å². The van der Waals surface area contributed by atoms with Crippen LogP contribution in [0.3, 0.4) is 0 Å². The first-order chi connectivity index (χ1) is 11.3. The summed E-state index contributed by atoms with van der Waals surface area (Å²) in [5, 5.41) is 21.7. The minimum atomic E-state index is -1.10. The number of aliphatic carboxylic acids is 1. The molecule has 24 heavy (non-hydrogen) atoms. The third kappa shape index (κ3) is 2.70. The van der Waals surface area contributed by atoms with Crippen molar-refractivity contribution >= 4 is 40.1 Å². The monoisotopic (exact) mass is 369 g/mol. The first-order valence-electron chi connectivity index (χ1n) is 7.64. The Balaban J connectivity index is 1.75. The molecule has 9 heteroatoms. The average Bonchev–Trinajstić information content (AvgIpc) is 3.00. The number of nitrogens with zero attached hydrogens (tertiary/aromatic N) is 2. The van der Waals surface area contributed by atoms with Crippen molar-refractivity contribution in [2.45, 2.75) is 32.4 Å². The summed E-state index contributed by atoms with van der Waals surface area (Å²) in [6.07, 6.45) is -0.0986. The van der Waals surface area contributed by atoms with Gasteiger partial charge in [0.25, 0.3) is 0 Å². The highest BCUT2D eigenvalue weighted by Crippen LogP contribution is 2.50. The van der Waals surface area contributed by atoms with E-state index in [1.165, 1.54) is 28.0 Å². The van der Waals surface area contributed by atoms with Crippen molar-refractivity contribution in [3.05, 3.63) is 21.7 Å². The maximum atomic E-state index is 12.2. The number of aryl methyl sites for hydroxylation is 1. The number of aliphatic hydroxyl groups is 1. The fraction of sp³-hybridized carbons (Fsp3) is 0.533. The molecule has 1 saturated heterocycles. The molecule has 0 bridgehead atoms. The molecule has 1 fully saturated rings. The van der Waals surface area contributed by atoms with E-state index >= 15 is 0 Å². The molecule has 1 aromatic rings. The molecule has 3 rings (SSSR count). The van der Waals surface area contributed by atoms with Crippen molar-refractivity contribution in [2.24, 2.45) is 11.8 Å². The summed E-state index contributed by atoms with van der Waals surface area (Å²) in [5.74, 6) is -1.36. The van der Waals surface area contributed by atoms with Crippen LogP contribution in [0.4, 0.5) is 5.13 Å². The lowest BCUT2D eigenvalue weighted by molar-refractivity contribution is -0.163. The number of carboxylic acid groups (broad SMARTS) is 1. The van der Waals surface area contributed by atoms with Crippen molar-refractivity contribution in [1.29, 1.82) is 0 Å². The topological polar surface area (TPSA) is 117 Å². The largest absolute Gasteiger partial charge is 0.477 e. The fourth-order valence-electron chi connectivity index (χ4n) is 3.42. The molecule has 0 saturated carbocycles. The molecule has 4 atom stereocenters. The third-order valence-corrected chi connectivity index (χ3v) is 6.50. The van der Waals surface area contributed by atoms with Crippen LogP contribution in [0.1, 0.15) is 19.5 Å². The average molecular weight is 369 g/mol. The molecule has 0 aromatic carbocycles. The maximum absolute atomic E-state index is 12.2. The summed E-state index contributed by atoms with van der Waals surface area (Å²) in [6, 6.07) is -0.263. The van der Waals surface area contributed by atoms with E-state index < -0.39 is 18.0 Å². The molecule has 4 unspecified atom stereocenters. The number of amides is 1. The zero-order valence-corrected chi connectivity index (χ0v) is 14.9. The van der Waals surface area contributed by atoms with E-state index in [1.54, 1.807) is 6.92 Å². The summed E-state index contributed by atoms with van der Waals surface area (Å²) in [5.41, 5.74) is 6.56. The normalized spacial score (nSPS) is 27.2. The van der Waals surface area contributed by atoms with E-state index in [-0.39, 0.29) is 23.6 Å². The summed E-state index contributed by atoms with van der Waals surface area (Å²) in [7, 11) is 0. The van der Waals surface area contributed by atoms with Crippen molar-refractivity contribution in [1.82, 2.24) is 9.88 Å². The zero-order chi connectivity index (χ0) is 17.6. The number of anilines is 1. The van der Waals surface area contributed by atoms with Crippen LogP contribution in [-0.4, -0.2) is 49.9 Å². The van der Waals surface area contributed by atoms with E-state index in [4.69, 9.17) is 5.73 Å². The Morgan fingerprint density at radius 2 is 2.29 bits per heavy atom. The zero-order valence-electron chi connectivity index (χ0n) is 13.3. The minimum absolute atomic E-state index is 0.0668. The van der Waals surface area contributed by atoms with Gasteiger partial charge in [0, 0.05) is 22.0 Å². The number of rotatable bonds is 6. The maximum Gasteiger partial charge on any atom is 0.353 e. The minimum Gasteiger partial charge on any atom is -0.477 e. The summed E-state index contributed by atoms with van der Waals surface area (Å²) < 4.78 is 0. The molecule has 0 spiro atoms. The standard InChI is InChI=1S/C15H19N3O4S2/c1-6-10-9(7(2)19)13(20)18(10)11(14(21)22)12(6)23-4-3-8-5-24-15(16)17-8/h5-7,9-10,19H,3-4H2,1-2H3,(H2,16,17)(H,21,22). The van der Waals surface area contributed by atoms with E-state index in [1.807, 2.05) is 12.3 Å². The predicted molar refractivity (Wildman–Crippen MR) is 92.3 cm³/mol. The fourth-order valence-corrected chi connectivity index (χ4v) is 5.27. The molecule has 7 nitrogen and oxygen atoms in total. The van der Waals surface area contributed by atoms with Gasteiger partial charge in [0.1, 0.15) is 5.70 Å². The van der Waals surface area contributed by atoms with Gasteiger partial charge >= 0.3 is 5.97 Å². The Bertz CT molecular complexity index is 715. The van der Waals surface area contributed by atoms with Gasteiger partial charge in [-0.05, 0) is 13.3 Å². The number of hydrogen-bond donors (Lipinski definition) is 3. The molecular formula is C15H19N3O4S2. The van der Waals surface area contributed by atoms with Crippen molar-refractivity contribution in [3.63, 3.8) is 0 Å². The van der Waals surface area contributed by atoms with E-state index in [9.17, 15) is 19.8 Å². The van der Waals surface area contributed by atoms with E-state index in [0.29, 0.717) is 22.2 Å². The quantitative estimate of drug-likeness (QED) is 0.644. The van der Waals surface area contributed by atoms with Gasteiger partial charge in [-0.3, -0.25) is 4.79 Å². The number of aliphatic hydroxyl groups excluding tert-OH is 1. The molecule has 0 aliphatic carbocycles. The summed E-state index contributed by atoms with van der Waals surface area (Å²) in [4.78, 5) is 30.1. The SMILES string of the molecule is CC(O)C1C(=O)N2C(C(=O)O)=C(SCCc3csc(N)n3)C(C)C12. The molecule has 1 amide bonds. The second-order valence-corrected chi connectivity index (χ2v) is 8.07. The second-order valence-electron chi connectivity index (χ2n) is 6.05. The Hall–Kier alpha value is -1.58. The summed E-state index contributed by atoms with van der Waals surface area (Å²) in [6.45, 7) is 3.49. The van der Waals surface area contributed by atoms with Gasteiger partial charge in [0.2, 0.25) is 5.91 Å². The van der Waals surface area contributed by atoms with Crippen molar-refractivity contribution < 1.29 is 19.8 Å². The molecule has 4 N–H and O–H groups in total. The lowest BCUT2D eigenvalue weighted by Crippen LogP contribution is -2.63. The van der Waals surface area contributed by atoms with Gasteiger partial charge in [-0.15, -0.1) is 23.1 Å². The number of thiazole rings is 1. The van der Waals surface area contributed by atoms with Crippen LogP contribution in [0, 0.1) is 11.8 Å². The van der Waals surface area contributed by atoms with E-state index in [2.05, 4.69) is 4.98 Å². The Morgan fingerprint density at radius 3 is 2.83 bits per heavy atom. The molecule has 130 valence electrons. The number of carboxylic acids is 1. The van der Waals surface area contributed by atoms with Crippen molar-refractivity contribution in [3.8, 4) is 0 Å². The molecular weight excluding hydrogens is 350 g/mol. The van der Waals surface area contributed by atoms with Crippen LogP contribution in [0.15, 0.2) is 16.0 Å². The van der Waals surface area contributed by atoms with Crippen LogP contribution in [0.25, 0.3) is 0 Å². The third-order valence-electron chi connectivity index (χ3n) is 4.50.